The largest absolute Gasteiger partial charge is 0.493 e. The monoisotopic (exact) mass is 446 g/mol. The van der Waals surface area contributed by atoms with Crippen LogP contribution in [0.3, 0.4) is 0 Å². The SMILES string of the molecule is C[C@H](C(=O)N[C@@H](C(=O)NCc1ncc[nH]1)c1ccc(OCC2CCC2)cc1)c1ccccc1. The Kier molecular flexibility index (Phi) is 7.40. The number of rotatable bonds is 10. The Morgan fingerprint density at radius 1 is 1.06 bits per heavy atom. The van der Waals surface area contributed by atoms with E-state index >= 15 is 0 Å². The van der Waals surface area contributed by atoms with Gasteiger partial charge in [-0.2, -0.15) is 0 Å². The average Bonchev–Trinajstić information content (AvgIpc) is 3.34. The number of ether oxygens (including phenoxy) is 1. The molecule has 0 radical (unpaired) electrons. The number of carbonyl (C=O) groups is 2. The topological polar surface area (TPSA) is 96.1 Å². The van der Waals surface area contributed by atoms with E-state index in [-0.39, 0.29) is 18.4 Å². The Balaban J connectivity index is 1.46. The van der Waals surface area contributed by atoms with Crippen molar-refractivity contribution in [3.05, 3.63) is 83.9 Å². The summed E-state index contributed by atoms with van der Waals surface area (Å²) in [5, 5.41) is 5.79. The van der Waals surface area contributed by atoms with Crippen LogP contribution in [0.1, 0.15) is 55.1 Å². The lowest BCUT2D eigenvalue weighted by Gasteiger charge is -2.25. The van der Waals surface area contributed by atoms with Gasteiger partial charge in [0, 0.05) is 12.4 Å². The maximum absolute atomic E-state index is 13.1. The summed E-state index contributed by atoms with van der Waals surface area (Å²) < 4.78 is 5.88. The molecule has 1 aromatic heterocycles. The first-order valence-electron chi connectivity index (χ1n) is 11.4. The van der Waals surface area contributed by atoms with Gasteiger partial charge < -0.3 is 20.4 Å². The summed E-state index contributed by atoms with van der Waals surface area (Å²) in [4.78, 5) is 33.2. The number of imidazole rings is 1. The number of nitrogens with one attached hydrogen (secondary N) is 3. The second kappa shape index (κ2) is 10.8. The zero-order valence-corrected chi connectivity index (χ0v) is 18.8. The molecule has 1 saturated carbocycles. The fraction of sp³-hybridized carbons (Fsp3) is 0.346. The maximum atomic E-state index is 13.1. The van der Waals surface area contributed by atoms with E-state index < -0.39 is 12.0 Å². The van der Waals surface area contributed by atoms with Crippen molar-refractivity contribution in [2.45, 2.75) is 44.7 Å². The second-order valence-electron chi connectivity index (χ2n) is 8.50. The van der Waals surface area contributed by atoms with Crippen LogP contribution in [-0.4, -0.2) is 28.4 Å². The minimum absolute atomic E-state index is 0.218. The highest BCUT2D eigenvalue weighted by atomic mass is 16.5. The Labute approximate surface area is 194 Å². The summed E-state index contributed by atoms with van der Waals surface area (Å²) in [6.07, 6.45) is 7.06. The molecular formula is C26H30N4O3. The van der Waals surface area contributed by atoms with Crippen LogP contribution in [0.25, 0.3) is 0 Å². The standard InChI is InChI=1S/C26H30N4O3/c1-18(20-8-3-2-4-9-20)25(31)30-24(26(32)29-16-23-27-14-15-28-23)21-10-12-22(13-11-21)33-17-19-6-5-7-19/h2-4,8-15,18-19,24H,5-7,16-17H2,1H3,(H,27,28)(H,29,32)(H,30,31)/t18-,24+/m0/s1. The van der Waals surface area contributed by atoms with Crippen molar-refractivity contribution in [2.75, 3.05) is 6.61 Å². The van der Waals surface area contributed by atoms with Gasteiger partial charge in [0.05, 0.1) is 19.1 Å². The van der Waals surface area contributed by atoms with Gasteiger partial charge in [0.15, 0.2) is 0 Å². The predicted molar refractivity (Wildman–Crippen MR) is 125 cm³/mol. The van der Waals surface area contributed by atoms with E-state index in [0.717, 1.165) is 17.9 Å². The number of carbonyl (C=O) groups excluding carboxylic acids is 2. The first kappa shape index (κ1) is 22.6. The summed E-state index contributed by atoms with van der Waals surface area (Å²) in [6.45, 7) is 2.80. The first-order valence-corrected chi connectivity index (χ1v) is 11.4. The quantitative estimate of drug-likeness (QED) is 0.441. The van der Waals surface area contributed by atoms with Gasteiger partial charge in [-0.05, 0) is 48.9 Å². The third-order valence-electron chi connectivity index (χ3n) is 6.15. The second-order valence-corrected chi connectivity index (χ2v) is 8.50. The molecule has 0 spiro atoms. The van der Waals surface area contributed by atoms with Crippen LogP contribution in [-0.2, 0) is 16.1 Å². The zero-order valence-electron chi connectivity index (χ0n) is 18.8. The van der Waals surface area contributed by atoms with E-state index in [0.29, 0.717) is 17.3 Å². The summed E-state index contributed by atoms with van der Waals surface area (Å²) in [6, 6.07) is 16.1. The van der Waals surface area contributed by atoms with Gasteiger partial charge in [-0.3, -0.25) is 9.59 Å². The van der Waals surface area contributed by atoms with Crippen LogP contribution in [0.5, 0.6) is 5.75 Å². The highest BCUT2D eigenvalue weighted by Crippen LogP contribution is 2.27. The molecule has 3 aromatic rings. The van der Waals surface area contributed by atoms with E-state index in [1.165, 1.54) is 19.3 Å². The van der Waals surface area contributed by atoms with E-state index in [9.17, 15) is 9.59 Å². The van der Waals surface area contributed by atoms with Crippen LogP contribution >= 0.6 is 0 Å². The zero-order chi connectivity index (χ0) is 23.0. The fourth-order valence-electron chi connectivity index (χ4n) is 3.76. The minimum atomic E-state index is -0.834. The Morgan fingerprint density at radius 2 is 1.82 bits per heavy atom. The van der Waals surface area contributed by atoms with Crippen LogP contribution in [0, 0.1) is 5.92 Å². The van der Waals surface area contributed by atoms with Crippen molar-refractivity contribution in [3.8, 4) is 5.75 Å². The van der Waals surface area contributed by atoms with Gasteiger partial charge in [-0.15, -0.1) is 0 Å². The first-order chi connectivity index (χ1) is 16.1. The summed E-state index contributed by atoms with van der Waals surface area (Å²) in [7, 11) is 0. The molecule has 7 heteroatoms. The highest BCUT2D eigenvalue weighted by Gasteiger charge is 2.26. The highest BCUT2D eigenvalue weighted by molar-refractivity contribution is 5.91. The molecule has 1 aliphatic carbocycles. The van der Waals surface area contributed by atoms with Gasteiger partial charge in [-0.25, -0.2) is 4.98 Å². The molecule has 0 unspecified atom stereocenters. The normalized spacial score (nSPS) is 15.2. The number of benzene rings is 2. The van der Waals surface area contributed by atoms with E-state index in [4.69, 9.17) is 4.74 Å². The molecule has 2 atom stereocenters. The molecule has 1 heterocycles. The van der Waals surface area contributed by atoms with Gasteiger partial charge in [-0.1, -0.05) is 48.9 Å². The molecular weight excluding hydrogens is 416 g/mol. The number of aromatic nitrogens is 2. The number of amides is 2. The maximum Gasteiger partial charge on any atom is 0.247 e. The molecule has 7 nitrogen and oxygen atoms in total. The van der Waals surface area contributed by atoms with Gasteiger partial charge >= 0.3 is 0 Å². The molecule has 33 heavy (non-hydrogen) atoms. The molecule has 3 N–H and O–H groups in total. The number of aromatic amines is 1. The molecule has 0 aliphatic heterocycles. The summed E-state index contributed by atoms with van der Waals surface area (Å²) in [5.41, 5.74) is 1.58. The third-order valence-corrected chi connectivity index (χ3v) is 6.15. The Morgan fingerprint density at radius 3 is 2.45 bits per heavy atom. The molecule has 0 bridgehead atoms. The third kappa shape index (κ3) is 6.00. The van der Waals surface area contributed by atoms with Crippen molar-refractivity contribution in [3.63, 3.8) is 0 Å². The van der Waals surface area contributed by atoms with Crippen molar-refractivity contribution < 1.29 is 14.3 Å². The lowest BCUT2D eigenvalue weighted by atomic mass is 9.86. The molecule has 4 rings (SSSR count). The molecule has 2 amide bonds. The van der Waals surface area contributed by atoms with Gasteiger partial charge in [0.25, 0.3) is 0 Å². The van der Waals surface area contributed by atoms with Gasteiger partial charge in [0.1, 0.15) is 17.6 Å². The van der Waals surface area contributed by atoms with E-state index in [2.05, 4.69) is 20.6 Å². The number of nitrogens with zero attached hydrogens (tertiary/aromatic N) is 1. The van der Waals surface area contributed by atoms with E-state index in [1.807, 2.05) is 61.5 Å². The Hall–Kier alpha value is -3.61. The van der Waals surface area contributed by atoms with Crippen LogP contribution in [0.4, 0.5) is 0 Å². The fourth-order valence-corrected chi connectivity index (χ4v) is 3.76. The molecule has 0 saturated heterocycles. The number of hydrogen-bond donors (Lipinski definition) is 3. The number of hydrogen-bond acceptors (Lipinski definition) is 4. The Bertz CT molecular complexity index is 1030. The van der Waals surface area contributed by atoms with Crippen molar-refractivity contribution in [1.29, 1.82) is 0 Å². The summed E-state index contributed by atoms with van der Waals surface area (Å²) in [5.74, 6) is 1.14. The summed E-state index contributed by atoms with van der Waals surface area (Å²) >= 11 is 0. The van der Waals surface area contributed by atoms with Crippen molar-refractivity contribution in [2.24, 2.45) is 5.92 Å². The molecule has 2 aromatic carbocycles. The number of H-pyrrole nitrogens is 1. The van der Waals surface area contributed by atoms with Crippen LogP contribution in [0.15, 0.2) is 67.0 Å². The van der Waals surface area contributed by atoms with Crippen LogP contribution < -0.4 is 15.4 Å². The molecule has 1 fully saturated rings. The van der Waals surface area contributed by atoms with Gasteiger partial charge in [0.2, 0.25) is 11.8 Å². The van der Waals surface area contributed by atoms with Crippen molar-refractivity contribution >= 4 is 11.8 Å². The van der Waals surface area contributed by atoms with E-state index in [1.54, 1.807) is 12.4 Å². The predicted octanol–water partition coefficient (Wildman–Crippen LogP) is 3.87. The van der Waals surface area contributed by atoms with Crippen molar-refractivity contribution in [1.82, 2.24) is 20.6 Å². The lowest BCUT2D eigenvalue weighted by molar-refractivity contribution is -0.129. The molecule has 172 valence electrons. The lowest BCUT2D eigenvalue weighted by Crippen LogP contribution is -2.41. The molecule has 1 aliphatic rings. The smallest absolute Gasteiger partial charge is 0.247 e. The average molecular weight is 447 g/mol. The minimum Gasteiger partial charge on any atom is -0.493 e. The van der Waals surface area contributed by atoms with Crippen LogP contribution in [0.2, 0.25) is 0 Å².